The van der Waals surface area contributed by atoms with Crippen LogP contribution in [0.25, 0.3) is 0 Å². The molecule has 0 bridgehead atoms. The molecule has 3 rings (SSSR count). The van der Waals surface area contributed by atoms with Crippen LogP contribution >= 0.6 is 0 Å². The molecule has 0 aromatic heterocycles. The van der Waals surface area contributed by atoms with Crippen LogP contribution in [0.5, 0.6) is 5.75 Å². The summed E-state index contributed by atoms with van der Waals surface area (Å²) in [6.45, 7) is 0.936. The van der Waals surface area contributed by atoms with Crippen LogP contribution in [0.3, 0.4) is 0 Å². The van der Waals surface area contributed by atoms with E-state index in [-0.39, 0.29) is 5.91 Å². The lowest BCUT2D eigenvalue weighted by Gasteiger charge is -2.35. The number of amides is 1. The molecule has 112 valence electrons. The maximum atomic E-state index is 12.8. The maximum absolute atomic E-state index is 12.8. The van der Waals surface area contributed by atoms with E-state index in [9.17, 15) is 14.7 Å². The summed E-state index contributed by atoms with van der Waals surface area (Å²) in [5.41, 5.74) is 0.753. The normalized spacial score (nSPS) is 24.9. The van der Waals surface area contributed by atoms with Crippen molar-refractivity contribution < 1.29 is 19.4 Å². The Labute approximate surface area is 123 Å². The summed E-state index contributed by atoms with van der Waals surface area (Å²) in [5.74, 6) is -1.20. The van der Waals surface area contributed by atoms with Crippen LogP contribution in [0.15, 0.2) is 24.3 Å². The number of hydrogen-bond donors (Lipinski definition) is 1. The molecule has 1 amide bonds. The van der Waals surface area contributed by atoms with Crippen LogP contribution < -0.4 is 9.64 Å². The Morgan fingerprint density at radius 3 is 2.62 bits per heavy atom. The Kier molecular flexibility index (Phi) is 3.82. The zero-order chi connectivity index (χ0) is 14.8. The first-order chi connectivity index (χ1) is 10.2. The lowest BCUT2D eigenvalue weighted by Crippen LogP contribution is -2.45. The molecule has 0 spiro atoms. The number of nitrogens with zero attached hydrogens (tertiary/aromatic N) is 1. The Bertz CT molecular complexity index is 557. The van der Waals surface area contributed by atoms with Crippen molar-refractivity contribution in [2.45, 2.75) is 25.7 Å². The van der Waals surface area contributed by atoms with E-state index in [1.165, 1.54) is 0 Å². The number of carboxylic acids is 1. The number of fused-ring (bicyclic) bond motifs is 1. The number of carboxylic acid groups (broad SMARTS) is 1. The van der Waals surface area contributed by atoms with Gasteiger partial charge in [0.15, 0.2) is 0 Å². The average molecular weight is 289 g/mol. The smallest absolute Gasteiger partial charge is 0.307 e. The number of hydrogen-bond acceptors (Lipinski definition) is 3. The quantitative estimate of drug-likeness (QED) is 0.907. The van der Waals surface area contributed by atoms with Gasteiger partial charge in [-0.2, -0.15) is 0 Å². The molecule has 1 heterocycles. The van der Waals surface area contributed by atoms with Gasteiger partial charge < -0.3 is 14.7 Å². The molecule has 2 unspecified atom stereocenters. The summed E-state index contributed by atoms with van der Waals surface area (Å²) in [6, 6.07) is 7.42. The minimum Gasteiger partial charge on any atom is -0.490 e. The summed E-state index contributed by atoms with van der Waals surface area (Å²) in [4.78, 5) is 25.9. The SMILES string of the molecule is O=C(O)C1CCCCC1C(=O)N1CCOc2ccccc21. The molecular formula is C16H19NO4. The summed E-state index contributed by atoms with van der Waals surface area (Å²) in [5, 5.41) is 9.36. The highest BCUT2D eigenvalue weighted by Gasteiger charge is 2.39. The van der Waals surface area contributed by atoms with Crippen LogP contribution in [0.2, 0.25) is 0 Å². The first-order valence-corrected chi connectivity index (χ1v) is 7.44. The zero-order valence-electron chi connectivity index (χ0n) is 11.8. The number of rotatable bonds is 2. The van der Waals surface area contributed by atoms with E-state index in [4.69, 9.17) is 4.74 Å². The Hall–Kier alpha value is -2.04. The fraction of sp³-hybridized carbons (Fsp3) is 0.500. The van der Waals surface area contributed by atoms with Gasteiger partial charge in [0, 0.05) is 0 Å². The summed E-state index contributed by atoms with van der Waals surface area (Å²) in [7, 11) is 0. The second kappa shape index (κ2) is 5.76. The summed E-state index contributed by atoms with van der Waals surface area (Å²) < 4.78 is 5.56. The van der Waals surface area contributed by atoms with Crippen LogP contribution in [-0.4, -0.2) is 30.1 Å². The van der Waals surface area contributed by atoms with Crippen molar-refractivity contribution in [3.05, 3.63) is 24.3 Å². The van der Waals surface area contributed by atoms with E-state index in [2.05, 4.69) is 0 Å². The standard InChI is InChI=1S/C16H19NO4/c18-15(11-5-1-2-6-12(11)16(19)20)17-9-10-21-14-8-4-3-7-13(14)17/h3-4,7-8,11-12H,1-2,5-6,9-10H2,(H,19,20). The van der Waals surface area contributed by atoms with E-state index < -0.39 is 17.8 Å². The molecule has 1 aliphatic heterocycles. The highest BCUT2D eigenvalue weighted by molar-refractivity contribution is 5.98. The first kappa shape index (κ1) is 13.9. The fourth-order valence-corrected chi connectivity index (χ4v) is 3.32. The van der Waals surface area contributed by atoms with Gasteiger partial charge in [0.25, 0.3) is 0 Å². The van der Waals surface area contributed by atoms with Gasteiger partial charge in [0.05, 0.1) is 24.1 Å². The molecule has 2 aliphatic rings. The zero-order valence-corrected chi connectivity index (χ0v) is 11.8. The van der Waals surface area contributed by atoms with Crippen LogP contribution in [0, 0.1) is 11.8 Å². The van der Waals surface area contributed by atoms with Gasteiger partial charge >= 0.3 is 5.97 Å². The Balaban J connectivity index is 1.86. The molecule has 1 aromatic rings. The van der Waals surface area contributed by atoms with Crippen molar-refractivity contribution >= 4 is 17.6 Å². The van der Waals surface area contributed by atoms with Gasteiger partial charge in [-0.25, -0.2) is 0 Å². The van der Waals surface area contributed by atoms with Crippen LogP contribution in [-0.2, 0) is 9.59 Å². The molecule has 1 saturated carbocycles. The minimum absolute atomic E-state index is 0.0714. The molecule has 1 fully saturated rings. The van der Waals surface area contributed by atoms with Crippen LogP contribution in [0.4, 0.5) is 5.69 Å². The third-order valence-corrected chi connectivity index (χ3v) is 4.39. The van der Waals surface area contributed by atoms with Crippen molar-refractivity contribution in [2.75, 3.05) is 18.1 Å². The van der Waals surface area contributed by atoms with E-state index in [1.54, 1.807) is 4.90 Å². The Morgan fingerprint density at radius 1 is 1.14 bits per heavy atom. The highest BCUT2D eigenvalue weighted by atomic mass is 16.5. The minimum atomic E-state index is -0.852. The van der Waals surface area contributed by atoms with Crippen molar-refractivity contribution in [3.63, 3.8) is 0 Å². The maximum Gasteiger partial charge on any atom is 0.307 e. The van der Waals surface area contributed by atoms with E-state index >= 15 is 0 Å². The number of carbonyl (C=O) groups excluding carboxylic acids is 1. The highest BCUT2D eigenvalue weighted by Crippen LogP contribution is 2.36. The summed E-state index contributed by atoms with van der Waals surface area (Å²) in [6.07, 6.45) is 3.07. The molecule has 1 N–H and O–H groups in total. The number of anilines is 1. The van der Waals surface area contributed by atoms with Gasteiger partial charge in [0.2, 0.25) is 5.91 Å². The fourth-order valence-electron chi connectivity index (χ4n) is 3.32. The van der Waals surface area contributed by atoms with Crippen molar-refractivity contribution in [1.82, 2.24) is 0 Å². The van der Waals surface area contributed by atoms with Crippen molar-refractivity contribution in [2.24, 2.45) is 11.8 Å². The first-order valence-electron chi connectivity index (χ1n) is 7.44. The van der Waals surface area contributed by atoms with Crippen molar-refractivity contribution in [3.8, 4) is 5.75 Å². The second-order valence-corrected chi connectivity index (χ2v) is 5.64. The molecule has 2 atom stereocenters. The van der Waals surface area contributed by atoms with Gasteiger partial charge in [0.1, 0.15) is 12.4 Å². The molecule has 0 radical (unpaired) electrons. The predicted molar refractivity (Wildman–Crippen MR) is 77.4 cm³/mol. The Morgan fingerprint density at radius 2 is 1.86 bits per heavy atom. The van der Waals surface area contributed by atoms with Gasteiger partial charge in [-0.05, 0) is 25.0 Å². The van der Waals surface area contributed by atoms with Crippen LogP contribution in [0.1, 0.15) is 25.7 Å². The molecule has 5 heteroatoms. The topological polar surface area (TPSA) is 66.8 Å². The van der Waals surface area contributed by atoms with E-state index in [0.29, 0.717) is 31.7 Å². The third-order valence-electron chi connectivity index (χ3n) is 4.39. The largest absolute Gasteiger partial charge is 0.490 e. The number of carbonyl (C=O) groups is 2. The van der Waals surface area contributed by atoms with Gasteiger partial charge in [-0.3, -0.25) is 9.59 Å². The second-order valence-electron chi connectivity index (χ2n) is 5.64. The summed E-state index contributed by atoms with van der Waals surface area (Å²) >= 11 is 0. The molecule has 21 heavy (non-hydrogen) atoms. The number of para-hydroxylation sites is 2. The molecule has 1 aromatic carbocycles. The van der Waals surface area contributed by atoms with E-state index in [1.807, 2.05) is 24.3 Å². The van der Waals surface area contributed by atoms with Crippen molar-refractivity contribution in [1.29, 1.82) is 0 Å². The molecular weight excluding hydrogens is 270 g/mol. The lowest BCUT2D eigenvalue weighted by molar-refractivity contribution is -0.148. The monoisotopic (exact) mass is 289 g/mol. The van der Waals surface area contributed by atoms with Gasteiger partial charge in [-0.1, -0.05) is 25.0 Å². The van der Waals surface area contributed by atoms with Gasteiger partial charge in [-0.15, -0.1) is 0 Å². The molecule has 0 saturated heterocycles. The third kappa shape index (κ3) is 2.60. The average Bonchev–Trinajstić information content (AvgIpc) is 2.53. The predicted octanol–water partition coefficient (Wildman–Crippen LogP) is 2.30. The number of benzene rings is 1. The van der Waals surface area contributed by atoms with E-state index in [0.717, 1.165) is 18.5 Å². The molecule has 1 aliphatic carbocycles. The number of ether oxygens (including phenoxy) is 1. The molecule has 5 nitrogen and oxygen atoms in total. The number of aliphatic carboxylic acids is 1. The lowest BCUT2D eigenvalue weighted by atomic mass is 9.78.